The summed E-state index contributed by atoms with van der Waals surface area (Å²) in [5.41, 5.74) is 11.3. The van der Waals surface area contributed by atoms with Crippen LogP contribution in [0.3, 0.4) is 0 Å². The van der Waals surface area contributed by atoms with E-state index in [1.165, 1.54) is 0 Å². The number of pyridine rings is 2. The van der Waals surface area contributed by atoms with Crippen LogP contribution in [0, 0.1) is 0 Å². The van der Waals surface area contributed by atoms with Gasteiger partial charge in [-0.25, -0.2) is 4.98 Å². The zero-order valence-corrected chi connectivity index (χ0v) is 20.8. The molecule has 5 aromatic rings. The second-order valence-corrected chi connectivity index (χ2v) is 9.71. The highest BCUT2D eigenvalue weighted by molar-refractivity contribution is 6.02. The van der Waals surface area contributed by atoms with Gasteiger partial charge in [0, 0.05) is 58.4 Å². The molecular weight excluding hydrogens is 476 g/mol. The van der Waals surface area contributed by atoms with E-state index in [0.29, 0.717) is 11.3 Å². The van der Waals surface area contributed by atoms with Gasteiger partial charge in [0.2, 0.25) is 0 Å². The third-order valence-electron chi connectivity index (χ3n) is 7.22. The van der Waals surface area contributed by atoms with Crippen molar-refractivity contribution in [2.75, 3.05) is 5.32 Å². The molecule has 1 amide bonds. The van der Waals surface area contributed by atoms with Crippen LogP contribution >= 0.6 is 0 Å². The van der Waals surface area contributed by atoms with E-state index in [2.05, 4.69) is 27.4 Å². The lowest BCUT2D eigenvalue weighted by atomic mass is 9.92. The Labute approximate surface area is 220 Å². The second-order valence-electron chi connectivity index (χ2n) is 9.71. The maximum Gasteiger partial charge on any atom is 0.250 e. The lowest BCUT2D eigenvalue weighted by Crippen LogP contribution is -2.29. The summed E-state index contributed by atoms with van der Waals surface area (Å²) in [6.45, 7) is 0. The molecule has 190 valence electrons. The highest BCUT2D eigenvalue weighted by Crippen LogP contribution is 2.34. The fourth-order valence-electron chi connectivity index (χ4n) is 5.23. The van der Waals surface area contributed by atoms with Crippen LogP contribution in [0.5, 0.6) is 0 Å². The first-order valence-electron chi connectivity index (χ1n) is 12.8. The molecule has 38 heavy (non-hydrogen) atoms. The Morgan fingerprint density at radius 2 is 1.82 bits per heavy atom. The standard InChI is InChI=1S/C30H28N6O2/c31-30(38)25-11-6-19(15-26(25)35-21-7-9-22(37)10-8-21)29-24-4-1-5-28(23(24)12-14-33-29)36-17-27(34-18-36)20-3-2-13-32-16-20/h1-6,11-18,21-22,35,37H,7-10H2,(H2,31,38). The van der Waals surface area contributed by atoms with E-state index >= 15 is 0 Å². The van der Waals surface area contributed by atoms with Crippen molar-refractivity contribution in [1.82, 2.24) is 19.5 Å². The van der Waals surface area contributed by atoms with Gasteiger partial charge in [-0.05, 0) is 62.1 Å². The predicted octanol–water partition coefficient (Wildman–Crippen LogP) is 4.96. The largest absolute Gasteiger partial charge is 0.393 e. The molecule has 0 spiro atoms. The van der Waals surface area contributed by atoms with Crippen LogP contribution in [0.2, 0.25) is 0 Å². The molecule has 3 heterocycles. The fraction of sp³-hybridized carbons (Fsp3) is 0.200. The van der Waals surface area contributed by atoms with Gasteiger partial charge in [0.05, 0.1) is 35.1 Å². The molecule has 1 aliphatic rings. The Hall–Kier alpha value is -4.56. The van der Waals surface area contributed by atoms with Gasteiger partial charge in [-0.15, -0.1) is 0 Å². The number of hydrogen-bond donors (Lipinski definition) is 3. The minimum absolute atomic E-state index is 0.175. The molecule has 4 N–H and O–H groups in total. The predicted molar refractivity (Wildman–Crippen MR) is 148 cm³/mol. The molecule has 0 radical (unpaired) electrons. The van der Waals surface area contributed by atoms with E-state index in [-0.39, 0.29) is 12.1 Å². The number of fused-ring (bicyclic) bond motifs is 1. The van der Waals surface area contributed by atoms with Gasteiger partial charge in [0.1, 0.15) is 0 Å². The van der Waals surface area contributed by atoms with E-state index in [4.69, 9.17) is 10.7 Å². The number of nitrogens with one attached hydrogen (secondary N) is 1. The first-order valence-corrected chi connectivity index (χ1v) is 12.8. The van der Waals surface area contributed by atoms with Crippen LogP contribution in [0.25, 0.3) is 39.0 Å². The Morgan fingerprint density at radius 1 is 0.947 bits per heavy atom. The Kier molecular flexibility index (Phi) is 6.31. The summed E-state index contributed by atoms with van der Waals surface area (Å²) in [5, 5.41) is 15.4. The number of aliphatic hydroxyl groups excluding tert-OH is 1. The van der Waals surface area contributed by atoms with Gasteiger partial charge < -0.3 is 20.7 Å². The SMILES string of the molecule is NC(=O)c1ccc(-c2nccc3c(-n4cnc(-c5cccnc5)c4)cccc23)cc1NC1CCC(O)CC1. The normalized spacial score (nSPS) is 17.4. The van der Waals surface area contributed by atoms with Gasteiger partial charge >= 0.3 is 0 Å². The molecule has 8 nitrogen and oxygen atoms in total. The van der Waals surface area contributed by atoms with Gasteiger partial charge in [-0.2, -0.15) is 0 Å². The molecule has 1 saturated carbocycles. The molecule has 0 unspecified atom stereocenters. The molecule has 1 fully saturated rings. The number of amides is 1. The number of rotatable bonds is 6. The number of aromatic nitrogens is 4. The first kappa shape index (κ1) is 23.8. The molecule has 3 aromatic heterocycles. The summed E-state index contributed by atoms with van der Waals surface area (Å²) < 4.78 is 2.01. The quantitative estimate of drug-likeness (QED) is 0.301. The fourth-order valence-corrected chi connectivity index (χ4v) is 5.23. The number of benzene rings is 2. The summed E-state index contributed by atoms with van der Waals surface area (Å²) in [4.78, 5) is 25.7. The van der Waals surface area contributed by atoms with Gasteiger partial charge in [0.25, 0.3) is 5.91 Å². The third kappa shape index (κ3) is 4.62. The monoisotopic (exact) mass is 504 g/mol. The molecule has 0 atom stereocenters. The first-order chi connectivity index (χ1) is 18.6. The van der Waals surface area contributed by atoms with Crippen LogP contribution < -0.4 is 11.1 Å². The molecule has 0 aliphatic heterocycles. The number of nitrogens with zero attached hydrogens (tertiary/aromatic N) is 4. The van der Waals surface area contributed by atoms with Crippen molar-refractivity contribution in [2.24, 2.45) is 5.73 Å². The number of anilines is 1. The molecule has 8 heteroatoms. The Bertz CT molecular complexity index is 1610. The van der Waals surface area contributed by atoms with Crippen molar-refractivity contribution in [3.8, 4) is 28.2 Å². The lowest BCUT2D eigenvalue weighted by Gasteiger charge is -2.28. The molecule has 1 aliphatic carbocycles. The van der Waals surface area contributed by atoms with Crippen LogP contribution in [-0.4, -0.2) is 42.7 Å². The zero-order chi connectivity index (χ0) is 26.1. The summed E-state index contributed by atoms with van der Waals surface area (Å²) in [6.07, 6.45) is 12.1. The van der Waals surface area contributed by atoms with Crippen LogP contribution in [0.15, 0.2) is 85.7 Å². The summed E-state index contributed by atoms with van der Waals surface area (Å²) >= 11 is 0. The Balaban J connectivity index is 1.39. The minimum atomic E-state index is -0.479. The van der Waals surface area contributed by atoms with Crippen LogP contribution in [0.1, 0.15) is 36.0 Å². The maximum absolute atomic E-state index is 12.2. The van der Waals surface area contributed by atoms with Crippen molar-refractivity contribution < 1.29 is 9.90 Å². The second kappa shape index (κ2) is 10.1. The van der Waals surface area contributed by atoms with E-state index in [1.807, 2.05) is 53.5 Å². The highest BCUT2D eigenvalue weighted by Gasteiger charge is 2.21. The number of aliphatic hydroxyl groups is 1. The number of imidazole rings is 1. The van der Waals surface area contributed by atoms with E-state index < -0.39 is 5.91 Å². The third-order valence-corrected chi connectivity index (χ3v) is 7.22. The average molecular weight is 505 g/mol. The number of carbonyl (C=O) groups is 1. The van der Waals surface area contributed by atoms with Crippen molar-refractivity contribution in [3.63, 3.8) is 0 Å². The zero-order valence-electron chi connectivity index (χ0n) is 20.8. The van der Waals surface area contributed by atoms with E-state index in [1.54, 1.807) is 24.7 Å². The maximum atomic E-state index is 12.2. The summed E-state index contributed by atoms with van der Waals surface area (Å²) in [7, 11) is 0. The molecule has 6 rings (SSSR count). The number of primary amides is 1. The van der Waals surface area contributed by atoms with Crippen molar-refractivity contribution in [1.29, 1.82) is 0 Å². The Morgan fingerprint density at radius 3 is 2.61 bits per heavy atom. The van der Waals surface area contributed by atoms with Crippen LogP contribution in [0.4, 0.5) is 5.69 Å². The van der Waals surface area contributed by atoms with Gasteiger partial charge in [-0.1, -0.05) is 18.2 Å². The number of hydrogen-bond acceptors (Lipinski definition) is 6. The topological polar surface area (TPSA) is 119 Å². The van der Waals surface area contributed by atoms with Gasteiger partial charge in [-0.3, -0.25) is 14.8 Å². The molecule has 2 aromatic carbocycles. The van der Waals surface area contributed by atoms with Crippen LogP contribution in [-0.2, 0) is 0 Å². The van der Waals surface area contributed by atoms with E-state index in [0.717, 1.165) is 64.7 Å². The van der Waals surface area contributed by atoms with E-state index in [9.17, 15) is 9.90 Å². The lowest BCUT2D eigenvalue weighted by molar-refractivity contribution is 0.100. The van der Waals surface area contributed by atoms with Crippen molar-refractivity contribution >= 4 is 22.4 Å². The van der Waals surface area contributed by atoms with Crippen molar-refractivity contribution in [3.05, 3.63) is 91.3 Å². The smallest absolute Gasteiger partial charge is 0.250 e. The van der Waals surface area contributed by atoms with Gasteiger partial charge in [0.15, 0.2) is 0 Å². The molecule has 0 bridgehead atoms. The molecular formula is C30H28N6O2. The minimum Gasteiger partial charge on any atom is -0.393 e. The summed E-state index contributed by atoms with van der Waals surface area (Å²) in [5.74, 6) is -0.479. The van der Waals surface area contributed by atoms with Crippen molar-refractivity contribution in [2.45, 2.75) is 37.8 Å². The number of nitrogens with two attached hydrogens (primary N) is 1. The summed E-state index contributed by atoms with van der Waals surface area (Å²) in [6, 6.07) is 17.8. The average Bonchev–Trinajstić information content (AvgIpc) is 3.44. The molecule has 0 saturated heterocycles. The highest BCUT2D eigenvalue weighted by atomic mass is 16.3. The number of carbonyl (C=O) groups excluding carboxylic acids is 1.